The Hall–Kier alpha value is -2.83. The van der Waals surface area contributed by atoms with Gasteiger partial charge in [0.1, 0.15) is 4.90 Å². The normalized spacial score (nSPS) is 14.3. The number of benzene rings is 3. The second-order valence-electron chi connectivity index (χ2n) is 8.55. The number of sulfonamides is 1. The lowest BCUT2D eigenvalue weighted by Crippen LogP contribution is -2.27. The maximum Gasteiger partial charge on any atom is 0.263 e. The second-order valence-corrected chi connectivity index (χ2v) is 10.6. The first kappa shape index (κ1) is 23.3. The van der Waals surface area contributed by atoms with E-state index in [4.69, 9.17) is 11.6 Å². The highest BCUT2D eigenvalue weighted by atomic mass is 35.5. The fourth-order valence-electron chi connectivity index (χ4n) is 4.16. The zero-order valence-corrected chi connectivity index (χ0v) is 20.3. The van der Waals surface area contributed by atoms with E-state index in [1.807, 2.05) is 19.9 Å². The van der Waals surface area contributed by atoms with Gasteiger partial charge in [0.2, 0.25) is 0 Å². The van der Waals surface area contributed by atoms with Crippen LogP contribution in [0.5, 0.6) is 0 Å². The molecule has 0 radical (unpaired) electrons. The van der Waals surface area contributed by atoms with E-state index in [0.717, 1.165) is 24.0 Å². The summed E-state index contributed by atoms with van der Waals surface area (Å²) in [6, 6.07) is 17.5. The summed E-state index contributed by atoms with van der Waals surface area (Å²) in [5.74, 6) is -0.358. The monoisotopic (exact) mass is 482 g/mol. The third-order valence-corrected chi connectivity index (χ3v) is 7.84. The molecule has 5 nitrogen and oxygen atoms in total. The van der Waals surface area contributed by atoms with Gasteiger partial charge in [-0.2, -0.15) is 0 Å². The number of hydrogen-bond acceptors (Lipinski definition) is 3. The minimum absolute atomic E-state index is 0.0504. The Labute approximate surface area is 200 Å². The van der Waals surface area contributed by atoms with Crippen LogP contribution in [-0.4, -0.2) is 14.3 Å². The zero-order valence-electron chi connectivity index (χ0n) is 18.7. The third-order valence-electron chi connectivity index (χ3n) is 5.97. The van der Waals surface area contributed by atoms with Gasteiger partial charge in [0.15, 0.2) is 0 Å². The topological polar surface area (TPSA) is 75.3 Å². The van der Waals surface area contributed by atoms with Crippen molar-refractivity contribution in [1.82, 2.24) is 5.32 Å². The van der Waals surface area contributed by atoms with Crippen molar-refractivity contribution in [3.8, 4) is 0 Å². The number of amides is 1. The highest BCUT2D eigenvalue weighted by Gasteiger charge is 2.22. The predicted octanol–water partition coefficient (Wildman–Crippen LogP) is 5.82. The van der Waals surface area contributed by atoms with Crippen molar-refractivity contribution in [2.24, 2.45) is 0 Å². The van der Waals surface area contributed by atoms with Crippen molar-refractivity contribution >= 4 is 33.2 Å². The number of rotatable bonds is 6. The first-order chi connectivity index (χ1) is 15.7. The lowest BCUT2D eigenvalue weighted by atomic mass is 9.89. The van der Waals surface area contributed by atoms with E-state index < -0.39 is 10.0 Å². The van der Waals surface area contributed by atoms with E-state index in [2.05, 4.69) is 28.2 Å². The Kier molecular flexibility index (Phi) is 6.77. The van der Waals surface area contributed by atoms with Gasteiger partial charge in [-0.1, -0.05) is 41.9 Å². The number of nitrogens with one attached hydrogen (secondary N) is 2. The second kappa shape index (κ2) is 9.57. The molecule has 172 valence electrons. The molecular weight excluding hydrogens is 456 g/mol. The fraction of sp³-hybridized carbons (Fsp3) is 0.269. The van der Waals surface area contributed by atoms with Crippen molar-refractivity contribution in [3.63, 3.8) is 0 Å². The van der Waals surface area contributed by atoms with Crippen LogP contribution in [0.1, 0.15) is 58.4 Å². The number of anilines is 1. The standard InChI is InChI=1S/C26H27ClN2O3S/c1-17-6-5-9-23(14-17)29-33(31,32)25-16-22(12-13-24(25)27)26(30)28-18(2)20-11-10-19-7-3-4-8-21(19)15-20/h5-6,9-16,18,29H,3-4,7-8H2,1-2H3,(H,28,30). The van der Waals surface area contributed by atoms with E-state index in [0.29, 0.717) is 5.69 Å². The maximum atomic E-state index is 13.0. The fourth-order valence-corrected chi connectivity index (χ4v) is 5.73. The summed E-state index contributed by atoms with van der Waals surface area (Å²) in [5.41, 5.74) is 5.35. The molecule has 0 bridgehead atoms. The first-order valence-electron chi connectivity index (χ1n) is 11.0. The Bertz CT molecular complexity index is 1300. The number of carbonyl (C=O) groups is 1. The van der Waals surface area contributed by atoms with Gasteiger partial charge in [0.05, 0.1) is 11.1 Å². The van der Waals surface area contributed by atoms with Gasteiger partial charge in [-0.15, -0.1) is 0 Å². The van der Waals surface area contributed by atoms with Crippen molar-refractivity contribution < 1.29 is 13.2 Å². The average molecular weight is 483 g/mol. The van der Waals surface area contributed by atoms with Gasteiger partial charge in [-0.25, -0.2) is 8.42 Å². The minimum Gasteiger partial charge on any atom is -0.346 e. The number of fused-ring (bicyclic) bond motifs is 1. The van der Waals surface area contributed by atoms with Crippen molar-refractivity contribution in [3.05, 3.63) is 93.5 Å². The van der Waals surface area contributed by atoms with Gasteiger partial charge in [-0.3, -0.25) is 9.52 Å². The molecule has 0 aromatic heterocycles. The molecule has 0 fully saturated rings. The van der Waals surface area contributed by atoms with Crippen molar-refractivity contribution in [2.45, 2.75) is 50.5 Å². The van der Waals surface area contributed by atoms with Crippen molar-refractivity contribution in [2.75, 3.05) is 4.72 Å². The van der Waals surface area contributed by atoms with Crippen LogP contribution in [0.4, 0.5) is 5.69 Å². The van der Waals surface area contributed by atoms with Gasteiger partial charge in [0.25, 0.3) is 15.9 Å². The highest BCUT2D eigenvalue weighted by molar-refractivity contribution is 7.92. The molecular formula is C26H27ClN2O3S. The van der Waals surface area contributed by atoms with Crippen LogP contribution < -0.4 is 10.0 Å². The molecule has 0 aliphatic heterocycles. The molecule has 1 unspecified atom stereocenters. The number of hydrogen-bond donors (Lipinski definition) is 2. The van der Waals surface area contributed by atoms with Gasteiger partial charge >= 0.3 is 0 Å². The minimum atomic E-state index is -3.97. The average Bonchev–Trinajstić information content (AvgIpc) is 2.78. The SMILES string of the molecule is Cc1cccc(NS(=O)(=O)c2cc(C(=O)NC(C)c3ccc4c(c3)CCCC4)ccc2Cl)c1. The van der Waals surface area contributed by atoms with Crippen LogP contribution in [0.3, 0.4) is 0 Å². The van der Waals surface area contributed by atoms with Gasteiger partial charge < -0.3 is 5.32 Å². The summed E-state index contributed by atoms with van der Waals surface area (Å²) in [6.45, 7) is 3.80. The largest absolute Gasteiger partial charge is 0.346 e. The van der Waals surface area contributed by atoms with Crippen molar-refractivity contribution in [1.29, 1.82) is 0 Å². The first-order valence-corrected chi connectivity index (χ1v) is 12.9. The van der Waals surface area contributed by atoms with Crippen LogP contribution in [-0.2, 0) is 22.9 Å². The number of halogens is 1. The Morgan fingerprint density at radius 1 is 0.970 bits per heavy atom. The molecule has 3 aromatic carbocycles. The molecule has 2 N–H and O–H groups in total. The Morgan fingerprint density at radius 2 is 1.73 bits per heavy atom. The van der Waals surface area contributed by atoms with Crippen LogP contribution in [0.25, 0.3) is 0 Å². The zero-order chi connectivity index (χ0) is 23.6. The number of carbonyl (C=O) groups excluding carboxylic acids is 1. The molecule has 4 rings (SSSR count). The summed E-state index contributed by atoms with van der Waals surface area (Å²) < 4.78 is 28.5. The van der Waals surface area contributed by atoms with Crippen LogP contribution in [0, 0.1) is 6.92 Å². The molecule has 1 aliphatic carbocycles. The molecule has 1 atom stereocenters. The molecule has 1 amide bonds. The van der Waals surface area contributed by atoms with Gasteiger partial charge in [0, 0.05) is 11.3 Å². The molecule has 0 spiro atoms. The molecule has 0 saturated carbocycles. The smallest absolute Gasteiger partial charge is 0.263 e. The molecule has 0 saturated heterocycles. The van der Waals surface area contributed by atoms with E-state index >= 15 is 0 Å². The van der Waals surface area contributed by atoms with Crippen LogP contribution in [0.15, 0.2) is 65.6 Å². The lowest BCUT2D eigenvalue weighted by Gasteiger charge is -2.20. The summed E-state index contributed by atoms with van der Waals surface area (Å²) in [5, 5.41) is 3.03. The number of aryl methyl sites for hydroxylation is 3. The summed E-state index contributed by atoms with van der Waals surface area (Å²) >= 11 is 6.20. The quantitative estimate of drug-likeness (QED) is 0.465. The Balaban J connectivity index is 1.53. The van der Waals surface area contributed by atoms with Gasteiger partial charge in [-0.05, 0) is 92.1 Å². The predicted molar refractivity (Wildman–Crippen MR) is 132 cm³/mol. The molecule has 3 aromatic rings. The van der Waals surface area contributed by atoms with E-state index in [1.54, 1.807) is 18.2 Å². The summed E-state index contributed by atoms with van der Waals surface area (Å²) in [6.07, 6.45) is 4.58. The summed E-state index contributed by atoms with van der Waals surface area (Å²) in [4.78, 5) is 12.8. The lowest BCUT2D eigenvalue weighted by molar-refractivity contribution is 0.0939. The van der Waals surface area contributed by atoms with Crippen LogP contribution in [0.2, 0.25) is 5.02 Å². The van der Waals surface area contributed by atoms with E-state index in [9.17, 15) is 13.2 Å². The maximum absolute atomic E-state index is 13.0. The van der Waals surface area contributed by atoms with E-state index in [1.165, 1.54) is 42.2 Å². The molecule has 33 heavy (non-hydrogen) atoms. The van der Waals surface area contributed by atoms with E-state index in [-0.39, 0.29) is 27.4 Å². The summed E-state index contributed by atoms with van der Waals surface area (Å²) in [7, 11) is -3.97. The Morgan fingerprint density at radius 3 is 2.48 bits per heavy atom. The molecule has 0 heterocycles. The van der Waals surface area contributed by atoms with Crippen LogP contribution >= 0.6 is 11.6 Å². The molecule has 1 aliphatic rings. The third kappa shape index (κ3) is 5.40. The molecule has 7 heteroatoms. The highest BCUT2D eigenvalue weighted by Crippen LogP contribution is 2.27.